The Kier molecular flexibility index (Phi) is 7.44. The van der Waals surface area contributed by atoms with Gasteiger partial charge in [-0.1, -0.05) is 41.4 Å². The summed E-state index contributed by atoms with van der Waals surface area (Å²) in [5, 5.41) is 4.19. The molecule has 1 fully saturated rings. The molecule has 4 nitrogen and oxygen atoms in total. The molecule has 2 aromatic carbocycles. The van der Waals surface area contributed by atoms with E-state index < -0.39 is 0 Å². The standard InChI is InChI=1S/C20H22Cl2N2O2S/c1-27-14-6-7-18(22)16(12-14)20(25)23-13-19(24-8-10-26-11-9-24)15-4-2-3-5-17(15)21/h2-7,12,19H,8-11,13H2,1H3,(H,23,25). The first-order valence-electron chi connectivity index (χ1n) is 8.78. The molecule has 1 N–H and O–H groups in total. The van der Waals surface area contributed by atoms with E-state index in [0.717, 1.165) is 23.5 Å². The molecule has 0 saturated carbocycles. The van der Waals surface area contributed by atoms with Crippen molar-refractivity contribution >= 4 is 40.9 Å². The van der Waals surface area contributed by atoms with Gasteiger partial charge in [-0.15, -0.1) is 11.8 Å². The Morgan fingerprint density at radius 1 is 1.19 bits per heavy atom. The third-order valence-corrected chi connectivity index (χ3v) is 6.02. The number of amides is 1. The van der Waals surface area contributed by atoms with Gasteiger partial charge in [-0.3, -0.25) is 9.69 Å². The van der Waals surface area contributed by atoms with Crippen molar-refractivity contribution in [3.05, 3.63) is 63.6 Å². The SMILES string of the molecule is CSc1ccc(Cl)c(C(=O)NCC(c2ccccc2Cl)N2CCOCC2)c1. The lowest BCUT2D eigenvalue weighted by atomic mass is 10.0. The Balaban J connectivity index is 1.78. The summed E-state index contributed by atoms with van der Waals surface area (Å²) >= 11 is 14.3. The molecule has 1 aliphatic rings. The number of nitrogens with one attached hydrogen (secondary N) is 1. The van der Waals surface area contributed by atoms with E-state index >= 15 is 0 Å². The summed E-state index contributed by atoms with van der Waals surface area (Å²) in [5.74, 6) is -0.179. The summed E-state index contributed by atoms with van der Waals surface area (Å²) in [6, 6.07) is 13.2. The predicted octanol–water partition coefficient (Wildman–Crippen LogP) is 4.52. The quantitative estimate of drug-likeness (QED) is 0.692. The van der Waals surface area contributed by atoms with Crippen LogP contribution in [-0.2, 0) is 4.74 Å². The molecule has 0 aromatic heterocycles. The predicted molar refractivity (Wildman–Crippen MR) is 112 cm³/mol. The lowest BCUT2D eigenvalue weighted by Crippen LogP contribution is -2.44. The fourth-order valence-electron chi connectivity index (χ4n) is 3.16. The Morgan fingerprint density at radius 3 is 2.63 bits per heavy atom. The van der Waals surface area contributed by atoms with Crippen LogP contribution in [0.4, 0.5) is 0 Å². The van der Waals surface area contributed by atoms with Crippen LogP contribution in [0.25, 0.3) is 0 Å². The van der Waals surface area contributed by atoms with E-state index in [1.807, 2.05) is 42.7 Å². The molecule has 144 valence electrons. The van der Waals surface area contributed by atoms with Gasteiger partial charge in [0.05, 0.1) is 29.8 Å². The van der Waals surface area contributed by atoms with Crippen LogP contribution in [0.5, 0.6) is 0 Å². The van der Waals surface area contributed by atoms with Crippen LogP contribution in [0.2, 0.25) is 10.0 Å². The number of nitrogens with zero attached hydrogens (tertiary/aromatic N) is 1. The molecule has 2 aromatic rings. The van der Waals surface area contributed by atoms with Crippen molar-refractivity contribution < 1.29 is 9.53 Å². The van der Waals surface area contributed by atoms with Crippen molar-refractivity contribution in [1.82, 2.24) is 10.2 Å². The van der Waals surface area contributed by atoms with E-state index in [0.29, 0.717) is 35.4 Å². The van der Waals surface area contributed by atoms with Gasteiger partial charge >= 0.3 is 0 Å². The largest absolute Gasteiger partial charge is 0.379 e. The maximum absolute atomic E-state index is 12.8. The number of ether oxygens (including phenoxy) is 1. The van der Waals surface area contributed by atoms with Crippen LogP contribution in [0, 0.1) is 0 Å². The van der Waals surface area contributed by atoms with Gasteiger partial charge in [0, 0.05) is 29.6 Å². The minimum Gasteiger partial charge on any atom is -0.379 e. The Morgan fingerprint density at radius 2 is 1.93 bits per heavy atom. The Hall–Kier alpha value is -1.24. The highest BCUT2D eigenvalue weighted by Crippen LogP contribution is 2.28. The number of thioether (sulfide) groups is 1. The number of carbonyl (C=O) groups is 1. The summed E-state index contributed by atoms with van der Waals surface area (Å²) < 4.78 is 5.47. The number of rotatable bonds is 6. The number of halogens is 2. The topological polar surface area (TPSA) is 41.6 Å². The second-order valence-electron chi connectivity index (χ2n) is 6.24. The van der Waals surface area contributed by atoms with E-state index in [4.69, 9.17) is 27.9 Å². The second kappa shape index (κ2) is 9.80. The number of benzene rings is 2. The molecule has 1 aliphatic heterocycles. The highest BCUT2D eigenvalue weighted by Gasteiger charge is 2.25. The first kappa shape index (κ1) is 20.5. The highest BCUT2D eigenvalue weighted by molar-refractivity contribution is 7.98. The van der Waals surface area contributed by atoms with Gasteiger partial charge in [-0.2, -0.15) is 0 Å². The van der Waals surface area contributed by atoms with Crippen LogP contribution < -0.4 is 5.32 Å². The van der Waals surface area contributed by atoms with Gasteiger partial charge in [0.1, 0.15) is 0 Å². The lowest BCUT2D eigenvalue weighted by Gasteiger charge is -2.35. The van der Waals surface area contributed by atoms with Crippen molar-refractivity contribution in [2.75, 3.05) is 39.1 Å². The first-order valence-corrected chi connectivity index (χ1v) is 10.8. The number of hydrogen-bond acceptors (Lipinski definition) is 4. The van der Waals surface area contributed by atoms with E-state index in [1.165, 1.54) is 0 Å². The molecule has 1 saturated heterocycles. The minimum absolute atomic E-state index is 0.0194. The van der Waals surface area contributed by atoms with E-state index in [2.05, 4.69) is 10.2 Å². The highest BCUT2D eigenvalue weighted by atomic mass is 35.5. The molecule has 0 aliphatic carbocycles. The minimum atomic E-state index is -0.179. The fraction of sp³-hybridized carbons (Fsp3) is 0.350. The molecule has 7 heteroatoms. The van der Waals surface area contributed by atoms with Gasteiger partial charge in [0.2, 0.25) is 0 Å². The van der Waals surface area contributed by atoms with Crippen molar-refractivity contribution in [3.8, 4) is 0 Å². The van der Waals surface area contributed by atoms with Crippen LogP contribution in [0.3, 0.4) is 0 Å². The van der Waals surface area contributed by atoms with Crippen molar-refractivity contribution in [3.63, 3.8) is 0 Å². The van der Waals surface area contributed by atoms with Crippen LogP contribution in [0.1, 0.15) is 22.0 Å². The number of hydrogen-bond donors (Lipinski definition) is 1. The smallest absolute Gasteiger partial charge is 0.252 e. The summed E-state index contributed by atoms with van der Waals surface area (Å²) in [7, 11) is 0. The van der Waals surface area contributed by atoms with Crippen LogP contribution in [-0.4, -0.2) is 49.9 Å². The first-order chi connectivity index (χ1) is 13.1. The summed E-state index contributed by atoms with van der Waals surface area (Å²) in [6.07, 6.45) is 1.97. The number of carbonyl (C=O) groups excluding carboxylic acids is 1. The monoisotopic (exact) mass is 424 g/mol. The molecule has 1 atom stereocenters. The number of morpholine rings is 1. The van der Waals surface area contributed by atoms with E-state index in [1.54, 1.807) is 17.8 Å². The molecule has 27 heavy (non-hydrogen) atoms. The van der Waals surface area contributed by atoms with Gasteiger partial charge in [0.25, 0.3) is 5.91 Å². The second-order valence-corrected chi connectivity index (χ2v) is 7.94. The van der Waals surface area contributed by atoms with Crippen LogP contribution >= 0.6 is 35.0 Å². The average molecular weight is 425 g/mol. The van der Waals surface area contributed by atoms with Crippen LogP contribution in [0.15, 0.2) is 47.4 Å². The van der Waals surface area contributed by atoms with Gasteiger partial charge in [-0.25, -0.2) is 0 Å². The van der Waals surface area contributed by atoms with Gasteiger partial charge in [0.15, 0.2) is 0 Å². The molecule has 0 bridgehead atoms. The third-order valence-electron chi connectivity index (χ3n) is 4.62. The van der Waals surface area contributed by atoms with Crippen molar-refractivity contribution in [2.24, 2.45) is 0 Å². The third kappa shape index (κ3) is 5.18. The van der Waals surface area contributed by atoms with Gasteiger partial charge in [-0.05, 0) is 36.1 Å². The normalized spacial score (nSPS) is 16.1. The molecule has 1 heterocycles. The van der Waals surface area contributed by atoms with Crippen molar-refractivity contribution in [2.45, 2.75) is 10.9 Å². The molecule has 3 rings (SSSR count). The molecular weight excluding hydrogens is 403 g/mol. The summed E-state index contributed by atoms with van der Waals surface area (Å²) in [6.45, 7) is 3.40. The maximum Gasteiger partial charge on any atom is 0.252 e. The van der Waals surface area contributed by atoms with Crippen molar-refractivity contribution in [1.29, 1.82) is 0 Å². The molecule has 1 amide bonds. The summed E-state index contributed by atoms with van der Waals surface area (Å²) in [5.41, 5.74) is 1.49. The lowest BCUT2D eigenvalue weighted by molar-refractivity contribution is 0.0162. The Bertz CT molecular complexity index is 797. The zero-order valence-electron chi connectivity index (χ0n) is 15.1. The molecule has 0 spiro atoms. The van der Waals surface area contributed by atoms with E-state index in [9.17, 15) is 4.79 Å². The molecule has 0 radical (unpaired) electrons. The zero-order valence-corrected chi connectivity index (χ0v) is 17.4. The average Bonchev–Trinajstić information content (AvgIpc) is 2.70. The van der Waals surface area contributed by atoms with E-state index in [-0.39, 0.29) is 11.9 Å². The maximum atomic E-state index is 12.8. The summed E-state index contributed by atoms with van der Waals surface area (Å²) in [4.78, 5) is 16.1. The zero-order chi connectivity index (χ0) is 19.2. The molecule has 1 unspecified atom stereocenters. The fourth-order valence-corrected chi connectivity index (χ4v) is 4.07. The molecular formula is C20H22Cl2N2O2S. The van der Waals surface area contributed by atoms with Gasteiger partial charge < -0.3 is 10.1 Å². The Labute approximate surface area is 174 Å².